The van der Waals surface area contributed by atoms with E-state index in [1.165, 1.54) is 23.1 Å². The Balaban J connectivity index is 1.87. The van der Waals surface area contributed by atoms with E-state index >= 15 is 0 Å². The first-order valence-electron chi connectivity index (χ1n) is 9.50. The van der Waals surface area contributed by atoms with Crippen LogP contribution < -0.4 is 14.4 Å². The van der Waals surface area contributed by atoms with Gasteiger partial charge >= 0.3 is 5.97 Å². The van der Waals surface area contributed by atoms with Crippen LogP contribution in [0.5, 0.6) is 17.2 Å². The van der Waals surface area contributed by atoms with E-state index in [-0.39, 0.29) is 27.2 Å². The second-order valence-electron chi connectivity index (χ2n) is 6.64. The molecule has 2 N–H and O–H groups in total. The van der Waals surface area contributed by atoms with E-state index in [4.69, 9.17) is 21.7 Å². The van der Waals surface area contributed by atoms with Crippen molar-refractivity contribution in [3.63, 3.8) is 0 Å². The Kier molecular flexibility index (Phi) is 7.19. The number of aromatic carboxylic acids is 1. The molecule has 0 spiro atoms. The summed E-state index contributed by atoms with van der Waals surface area (Å²) in [4.78, 5) is 25.9. The van der Waals surface area contributed by atoms with Crippen molar-refractivity contribution in [1.29, 1.82) is 0 Å². The van der Waals surface area contributed by atoms with Gasteiger partial charge in [0, 0.05) is 0 Å². The van der Waals surface area contributed by atoms with Crippen molar-refractivity contribution in [2.24, 2.45) is 0 Å². The molecule has 7 nitrogen and oxygen atoms in total. The number of thioether (sulfide) groups is 1. The molecule has 0 unspecified atom stereocenters. The predicted molar refractivity (Wildman–Crippen MR) is 124 cm³/mol. The van der Waals surface area contributed by atoms with Gasteiger partial charge in [0.2, 0.25) is 0 Å². The molecule has 31 heavy (non-hydrogen) atoms. The van der Waals surface area contributed by atoms with Crippen LogP contribution >= 0.6 is 24.0 Å². The minimum absolute atomic E-state index is 0.268. The number of carbonyl (C=O) groups excluding carboxylic acids is 1. The summed E-state index contributed by atoms with van der Waals surface area (Å²) in [6.07, 6.45) is 3.65. The molecule has 2 aromatic carbocycles. The van der Waals surface area contributed by atoms with E-state index in [1.807, 2.05) is 6.07 Å². The van der Waals surface area contributed by atoms with Crippen molar-refractivity contribution >= 4 is 51.9 Å². The summed E-state index contributed by atoms with van der Waals surface area (Å²) in [5, 5.41) is 18.9. The number of methoxy groups -OCH3 is 1. The average Bonchev–Trinajstić information content (AvgIpc) is 3.02. The van der Waals surface area contributed by atoms with Gasteiger partial charge in [-0.1, -0.05) is 43.4 Å². The molecular weight excluding hydrogens is 438 g/mol. The molecule has 0 saturated carbocycles. The number of hydrogen-bond acceptors (Lipinski definition) is 7. The van der Waals surface area contributed by atoms with E-state index in [9.17, 15) is 19.8 Å². The quantitative estimate of drug-likeness (QED) is 0.334. The fourth-order valence-electron chi connectivity index (χ4n) is 2.90. The second-order valence-corrected chi connectivity index (χ2v) is 8.31. The van der Waals surface area contributed by atoms with Crippen molar-refractivity contribution in [1.82, 2.24) is 0 Å². The molecule has 0 radical (unpaired) electrons. The Morgan fingerprint density at radius 1 is 1.23 bits per heavy atom. The molecule has 1 heterocycles. The van der Waals surface area contributed by atoms with E-state index in [2.05, 4.69) is 6.92 Å². The van der Waals surface area contributed by atoms with Gasteiger partial charge in [-0.05, 0) is 48.4 Å². The number of rotatable bonds is 8. The number of anilines is 1. The van der Waals surface area contributed by atoms with Gasteiger partial charge in [-0.15, -0.1) is 0 Å². The van der Waals surface area contributed by atoms with Gasteiger partial charge in [-0.3, -0.25) is 9.69 Å². The molecule has 1 aliphatic heterocycles. The highest BCUT2D eigenvalue weighted by molar-refractivity contribution is 8.27. The van der Waals surface area contributed by atoms with Crippen LogP contribution in [0.2, 0.25) is 0 Å². The van der Waals surface area contributed by atoms with Gasteiger partial charge in [0.05, 0.1) is 24.3 Å². The number of carboxylic acids is 1. The Morgan fingerprint density at radius 2 is 2.00 bits per heavy atom. The zero-order valence-electron chi connectivity index (χ0n) is 17.0. The molecule has 0 bridgehead atoms. The van der Waals surface area contributed by atoms with E-state index < -0.39 is 5.97 Å². The third kappa shape index (κ3) is 5.00. The van der Waals surface area contributed by atoms with Crippen molar-refractivity contribution in [2.75, 3.05) is 18.6 Å². The summed E-state index contributed by atoms with van der Waals surface area (Å²) >= 11 is 6.45. The molecule has 2 aromatic rings. The van der Waals surface area contributed by atoms with Gasteiger partial charge in [0.1, 0.15) is 11.3 Å². The van der Waals surface area contributed by atoms with E-state index in [0.29, 0.717) is 23.0 Å². The molecule has 1 saturated heterocycles. The van der Waals surface area contributed by atoms with Crippen LogP contribution in [0, 0.1) is 0 Å². The summed E-state index contributed by atoms with van der Waals surface area (Å²) in [6.45, 7) is 2.68. The fraction of sp³-hybridized carbons (Fsp3) is 0.227. The van der Waals surface area contributed by atoms with Gasteiger partial charge in [0.15, 0.2) is 15.8 Å². The Labute approximate surface area is 189 Å². The first-order chi connectivity index (χ1) is 14.8. The minimum Gasteiger partial charge on any atom is -0.507 e. The SMILES string of the molecule is CCCCOc1ccc(/C=C2\SC(=S)N(c3ccc(O)c(C(=O)O)c3)C2=O)cc1OC. The van der Waals surface area contributed by atoms with Crippen LogP contribution in [0.15, 0.2) is 41.3 Å². The van der Waals surface area contributed by atoms with Crippen molar-refractivity contribution in [3.05, 3.63) is 52.4 Å². The molecule has 3 rings (SSSR count). The fourth-order valence-corrected chi connectivity index (χ4v) is 4.19. The highest BCUT2D eigenvalue weighted by atomic mass is 32.2. The molecule has 1 aliphatic rings. The largest absolute Gasteiger partial charge is 0.507 e. The van der Waals surface area contributed by atoms with Crippen LogP contribution in [0.3, 0.4) is 0 Å². The van der Waals surface area contributed by atoms with Crippen molar-refractivity contribution < 1.29 is 29.3 Å². The Morgan fingerprint density at radius 3 is 2.68 bits per heavy atom. The zero-order valence-corrected chi connectivity index (χ0v) is 18.6. The molecule has 0 atom stereocenters. The number of unbranched alkanes of at least 4 members (excludes halogenated alkanes) is 1. The lowest BCUT2D eigenvalue weighted by atomic mass is 10.1. The van der Waals surface area contributed by atoms with Crippen LogP contribution in [-0.2, 0) is 4.79 Å². The number of amides is 1. The number of hydrogen-bond donors (Lipinski definition) is 2. The number of carboxylic acid groups (broad SMARTS) is 1. The van der Waals surface area contributed by atoms with Crippen LogP contribution in [-0.4, -0.2) is 40.1 Å². The predicted octanol–water partition coefficient (Wildman–Crippen LogP) is 4.68. The number of ether oxygens (including phenoxy) is 2. The summed E-state index contributed by atoms with van der Waals surface area (Å²) in [5.41, 5.74) is 0.703. The minimum atomic E-state index is -1.30. The lowest BCUT2D eigenvalue weighted by Crippen LogP contribution is -2.27. The average molecular weight is 460 g/mol. The van der Waals surface area contributed by atoms with Gasteiger partial charge in [-0.2, -0.15) is 0 Å². The summed E-state index contributed by atoms with van der Waals surface area (Å²) < 4.78 is 11.4. The van der Waals surface area contributed by atoms with Crippen molar-refractivity contribution in [2.45, 2.75) is 19.8 Å². The topological polar surface area (TPSA) is 96.3 Å². The highest BCUT2D eigenvalue weighted by Gasteiger charge is 2.34. The maximum absolute atomic E-state index is 13.0. The molecular formula is C22H21NO6S2. The van der Waals surface area contributed by atoms with Crippen LogP contribution in [0.1, 0.15) is 35.7 Å². The molecule has 0 aromatic heterocycles. The summed E-state index contributed by atoms with van der Waals surface area (Å²) in [5.74, 6) is -0.866. The molecule has 1 fully saturated rings. The standard InChI is InChI=1S/C22H21NO6S2/c1-3-4-9-29-17-8-5-13(10-18(17)28-2)11-19-20(25)23(22(30)31-19)14-6-7-16(24)15(12-14)21(26)27/h5-8,10-12,24H,3-4,9H2,1-2H3,(H,26,27)/b19-11-. The number of nitrogens with zero attached hydrogens (tertiary/aromatic N) is 1. The number of aromatic hydroxyl groups is 1. The summed E-state index contributed by atoms with van der Waals surface area (Å²) in [6, 6.07) is 9.28. The Hall–Kier alpha value is -3.04. The monoisotopic (exact) mass is 459 g/mol. The van der Waals surface area contributed by atoms with E-state index in [0.717, 1.165) is 30.2 Å². The lowest BCUT2D eigenvalue weighted by molar-refractivity contribution is -0.113. The molecule has 0 aliphatic carbocycles. The van der Waals surface area contributed by atoms with E-state index in [1.54, 1.807) is 25.3 Å². The smallest absolute Gasteiger partial charge is 0.339 e. The lowest BCUT2D eigenvalue weighted by Gasteiger charge is -2.15. The van der Waals surface area contributed by atoms with Gasteiger partial charge in [-0.25, -0.2) is 4.79 Å². The molecule has 9 heteroatoms. The summed E-state index contributed by atoms with van der Waals surface area (Å²) in [7, 11) is 1.55. The van der Waals surface area contributed by atoms with Crippen LogP contribution in [0.25, 0.3) is 6.08 Å². The molecule has 1 amide bonds. The first-order valence-corrected chi connectivity index (χ1v) is 10.7. The first kappa shape index (κ1) is 22.6. The zero-order chi connectivity index (χ0) is 22.5. The Bertz CT molecular complexity index is 1070. The van der Waals surface area contributed by atoms with Crippen LogP contribution in [0.4, 0.5) is 5.69 Å². The number of carbonyl (C=O) groups is 2. The normalized spacial score (nSPS) is 14.9. The second kappa shape index (κ2) is 9.84. The number of thiocarbonyl (C=S) groups is 1. The number of benzene rings is 2. The third-order valence-electron chi connectivity index (χ3n) is 4.50. The van der Waals surface area contributed by atoms with Gasteiger partial charge in [0.25, 0.3) is 5.91 Å². The molecule has 162 valence electrons. The maximum atomic E-state index is 13.0. The maximum Gasteiger partial charge on any atom is 0.339 e. The highest BCUT2D eigenvalue weighted by Crippen LogP contribution is 2.38. The third-order valence-corrected chi connectivity index (χ3v) is 5.81. The van der Waals surface area contributed by atoms with Gasteiger partial charge < -0.3 is 19.7 Å². The van der Waals surface area contributed by atoms with Crippen molar-refractivity contribution in [3.8, 4) is 17.2 Å². The number of phenols is 1.